The van der Waals surface area contributed by atoms with Crippen molar-refractivity contribution in [2.24, 2.45) is 0 Å². The molecule has 2 amide bonds. The molecule has 0 aromatic rings. The highest BCUT2D eigenvalue weighted by molar-refractivity contribution is 9.12. The molecule has 0 spiro atoms. The zero-order chi connectivity index (χ0) is 7.02. The van der Waals surface area contributed by atoms with E-state index in [1.807, 2.05) is 0 Å². The van der Waals surface area contributed by atoms with Crippen LogP contribution in [0.4, 0.5) is 0 Å². The molecular weight excluding hydrogens is 254 g/mol. The first kappa shape index (κ1) is 7.21. The third-order valence-electron chi connectivity index (χ3n) is 1.00. The van der Waals surface area contributed by atoms with E-state index in [1.54, 1.807) is 0 Å². The average molecular weight is 257 g/mol. The summed E-state index contributed by atoms with van der Waals surface area (Å²) in [6.45, 7) is 0. The second-order valence-corrected chi connectivity index (χ2v) is 3.63. The fraction of sp³-hybridized carbons (Fsp3) is 0.500. The molecule has 1 rings (SSSR count). The molecule has 3 nitrogen and oxygen atoms in total. The van der Waals surface area contributed by atoms with Crippen LogP contribution in [-0.2, 0) is 9.59 Å². The maximum absolute atomic E-state index is 10.6. The third kappa shape index (κ3) is 1.16. The molecule has 0 bridgehead atoms. The van der Waals surface area contributed by atoms with Crippen molar-refractivity contribution in [3.05, 3.63) is 0 Å². The molecule has 1 aliphatic rings. The van der Waals surface area contributed by atoms with Gasteiger partial charge in [-0.3, -0.25) is 14.9 Å². The van der Waals surface area contributed by atoms with Gasteiger partial charge in [-0.05, 0) is 0 Å². The van der Waals surface area contributed by atoms with Crippen LogP contribution in [0.5, 0.6) is 0 Å². The molecule has 1 heterocycles. The number of carbonyl (C=O) groups excluding carboxylic acids is 2. The van der Waals surface area contributed by atoms with Gasteiger partial charge in [0.25, 0.3) is 0 Å². The lowest BCUT2D eigenvalue weighted by Crippen LogP contribution is -2.22. The Balaban J connectivity index is 2.77. The number of imide groups is 1. The first-order valence-corrected chi connectivity index (χ1v) is 4.09. The van der Waals surface area contributed by atoms with E-state index in [1.165, 1.54) is 0 Å². The molecule has 0 saturated carbocycles. The number of carbonyl (C=O) groups is 2. The summed E-state index contributed by atoms with van der Waals surface area (Å²) in [4.78, 5) is 20.3. The molecule has 0 unspecified atom stereocenters. The molecule has 1 aliphatic heterocycles. The maximum Gasteiger partial charge on any atom is 0.242 e. The number of alkyl halides is 2. The van der Waals surface area contributed by atoms with Gasteiger partial charge in [0.15, 0.2) is 0 Å². The number of hydrogen-bond donors (Lipinski definition) is 1. The first-order valence-electron chi connectivity index (χ1n) is 2.26. The van der Waals surface area contributed by atoms with E-state index in [-0.39, 0.29) is 11.8 Å². The zero-order valence-corrected chi connectivity index (χ0v) is 7.40. The molecule has 9 heavy (non-hydrogen) atoms. The van der Waals surface area contributed by atoms with Gasteiger partial charge >= 0.3 is 0 Å². The Bertz CT molecular complexity index is 152. The standard InChI is InChI=1S/C4H3Br2NO2/c5-1-2(6)4(9)7-3(1)8/h1-2H,(H,7,8,9)/t1-,2-/m0/s1. The highest BCUT2D eigenvalue weighted by Crippen LogP contribution is 2.19. The summed E-state index contributed by atoms with van der Waals surface area (Å²) < 4.78 is 0. The van der Waals surface area contributed by atoms with E-state index in [9.17, 15) is 9.59 Å². The number of rotatable bonds is 0. The van der Waals surface area contributed by atoms with Crippen LogP contribution in [0.1, 0.15) is 0 Å². The minimum absolute atomic E-state index is 0.276. The minimum atomic E-state index is -0.412. The van der Waals surface area contributed by atoms with Crippen LogP contribution in [0, 0.1) is 0 Å². The molecule has 2 atom stereocenters. The van der Waals surface area contributed by atoms with Crippen molar-refractivity contribution >= 4 is 43.7 Å². The third-order valence-corrected chi connectivity index (χ3v) is 3.60. The van der Waals surface area contributed by atoms with Gasteiger partial charge in [0.05, 0.1) is 0 Å². The van der Waals surface area contributed by atoms with Gasteiger partial charge in [0, 0.05) is 0 Å². The van der Waals surface area contributed by atoms with Crippen LogP contribution in [0.25, 0.3) is 0 Å². The van der Waals surface area contributed by atoms with Gasteiger partial charge in [-0.15, -0.1) is 0 Å². The second-order valence-electron chi connectivity index (χ2n) is 1.66. The topological polar surface area (TPSA) is 46.2 Å². The molecule has 1 N–H and O–H groups in total. The van der Waals surface area contributed by atoms with E-state index in [0.29, 0.717) is 0 Å². The summed E-state index contributed by atoms with van der Waals surface area (Å²) >= 11 is 6.06. The van der Waals surface area contributed by atoms with Crippen molar-refractivity contribution in [2.45, 2.75) is 9.65 Å². The Kier molecular flexibility index (Phi) is 1.91. The lowest BCUT2D eigenvalue weighted by atomic mass is 10.4. The lowest BCUT2D eigenvalue weighted by molar-refractivity contribution is -0.124. The normalized spacial score (nSPS) is 34.9. The molecule has 0 aliphatic carbocycles. The SMILES string of the molecule is O=C1NC(=O)[C@@H](Br)[C@@H]1Br. The van der Waals surface area contributed by atoms with Crippen LogP contribution in [0.3, 0.4) is 0 Å². The summed E-state index contributed by atoms with van der Waals surface area (Å²) in [7, 11) is 0. The van der Waals surface area contributed by atoms with Gasteiger partial charge in [-0.2, -0.15) is 0 Å². The Morgan fingerprint density at radius 2 is 1.44 bits per heavy atom. The van der Waals surface area contributed by atoms with Gasteiger partial charge in [0.1, 0.15) is 9.65 Å². The highest BCUT2D eigenvalue weighted by Gasteiger charge is 2.37. The molecule has 0 radical (unpaired) electrons. The van der Waals surface area contributed by atoms with E-state index < -0.39 is 9.65 Å². The Morgan fingerprint density at radius 3 is 1.56 bits per heavy atom. The summed E-state index contributed by atoms with van der Waals surface area (Å²) in [6, 6.07) is 0. The quantitative estimate of drug-likeness (QED) is 0.496. The number of hydrogen-bond acceptors (Lipinski definition) is 2. The number of nitrogens with one attached hydrogen (secondary N) is 1. The summed E-state index contributed by atoms with van der Waals surface area (Å²) in [5.41, 5.74) is 0. The van der Waals surface area contributed by atoms with Crippen molar-refractivity contribution in [1.82, 2.24) is 5.32 Å². The van der Waals surface area contributed by atoms with Crippen molar-refractivity contribution in [2.75, 3.05) is 0 Å². The summed E-state index contributed by atoms with van der Waals surface area (Å²) in [6.07, 6.45) is 0. The smallest absolute Gasteiger partial charge is 0.242 e. The van der Waals surface area contributed by atoms with Gasteiger partial charge in [-0.1, -0.05) is 31.9 Å². The zero-order valence-electron chi connectivity index (χ0n) is 4.23. The van der Waals surface area contributed by atoms with E-state index in [4.69, 9.17) is 0 Å². The van der Waals surface area contributed by atoms with Crippen LogP contribution < -0.4 is 5.32 Å². The van der Waals surface area contributed by atoms with E-state index in [0.717, 1.165) is 0 Å². The fourth-order valence-corrected chi connectivity index (χ4v) is 1.23. The van der Waals surface area contributed by atoms with Crippen LogP contribution in [-0.4, -0.2) is 21.5 Å². The van der Waals surface area contributed by atoms with Gasteiger partial charge in [-0.25, -0.2) is 0 Å². The molecule has 0 aromatic carbocycles. The molecule has 50 valence electrons. The maximum atomic E-state index is 10.6. The number of amides is 2. The van der Waals surface area contributed by atoms with E-state index >= 15 is 0 Å². The predicted molar refractivity (Wildman–Crippen MR) is 38.6 cm³/mol. The highest BCUT2D eigenvalue weighted by atomic mass is 79.9. The second kappa shape index (κ2) is 2.38. The Labute approximate surface area is 68.4 Å². The van der Waals surface area contributed by atoms with Crippen LogP contribution in [0.15, 0.2) is 0 Å². The predicted octanol–water partition coefficient (Wildman–Crippen LogP) is 0.170. The minimum Gasteiger partial charge on any atom is -0.294 e. The average Bonchev–Trinajstić information content (AvgIpc) is 1.98. The molecular formula is C4H3Br2NO2. The van der Waals surface area contributed by atoms with Crippen molar-refractivity contribution in [3.63, 3.8) is 0 Å². The molecule has 0 aromatic heterocycles. The molecule has 1 fully saturated rings. The summed E-state index contributed by atoms with van der Waals surface area (Å²) in [5.74, 6) is -0.552. The van der Waals surface area contributed by atoms with Gasteiger partial charge < -0.3 is 0 Å². The van der Waals surface area contributed by atoms with Crippen LogP contribution >= 0.6 is 31.9 Å². The number of halogens is 2. The van der Waals surface area contributed by atoms with E-state index in [2.05, 4.69) is 37.2 Å². The summed E-state index contributed by atoms with van der Waals surface area (Å²) in [5, 5.41) is 2.14. The van der Waals surface area contributed by atoms with Crippen molar-refractivity contribution < 1.29 is 9.59 Å². The first-order chi connectivity index (χ1) is 4.13. The van der Waals surface area contributed by atoms with Crippen molar-refractivity contribution in [3.8, 4) is 0 Å². The largest absolute Gasteiger partial charge is 0.294 e. The fourth-order valence-electron chi connectivity index (χ4n) is 0.525. The Morgan fingerprint density at radius 1 is 1.11 bits per heavy atom. The molecule has 5 heteroatoms. The van der Waals surface area contributed by atoms with Crippen LogP contribution in [0.2, 0.25) is 0 Å². The van der Waals surface area contributed by atoms with Gasteiger partial charge in [0.2, 0.25) is 11.8 Å². The monoisotopic (exact) mass is 255 g/mol. The lowest BCUT2D eigenvalue weighted by Gasteiger charge is -1.95. The van der Waals surface area contributed by atoms with Crippen molar-refractivity contribution in [1.29, 1.82) is 0 Å². The molecule has 1 saturated heterocycles. The Hall–Kier alpha value is 0.1000.